The molecule has 0 unspecified atom stereocenters. The molecule has 0 amide bonds. The molecule has 8 nitrogen and oxygen atoms in total. The van der Waals surface area contributed by atoms with E-state index < -0.39 is 5.97 Å². The zero-order valence-corrected chi connectivity index (χ0v) is 19.6. The largest absolute Gasteiger partial charge is 0.490 e. The first kappa shape index (κ1) is 23.2. The molecule has 4 aromatic rings. The number of aryl methyl sites for hydroxylation is 1. The van der Waals surface area contributed by atoms with Crippen molar-refractivity contribution in [1.82, 2.24) is 14.4 Å². The summed E-state index contributed by atoms with van der Waals surface area (Å²) in [5.74, 6) is 0.632. The summed E-state index contributed by atoms with van der Waals surface area (Å²) in [5, 5.41) is 1.86. The first-order valence-electron chi connectivity index (χ1n) is 10.6. The van der Waals surface area contributed by atoms with Gasteiger partial charge in [-0.2, -0.15) is 0 Å². The predicted octanol–water partition coefficient (Wildman–Crippen LogP) is 4.19. The molecule has 1 aromatic carbocycles. The fourth-order valence-corrected chi connectivity index (χ4v) is 4.08. The maximum Gasteiger partial charge on any atom is 0.331 e. The highest BCUT2D eigenvalue weighted by atomic mass is 32.1. The van der Waals surface area contributed by atoms with Crippen molar-refractivity contribution in [2.75, 3.05) is 6.61 Å². The third-order valence-corrected chi connectivity index (χ3v) is 5.73. The monoisotopic (exact) mass is 477 g/mol. The molecule has 0 spiro atoms. The summed E-state index contributed by atoms with van der Waals surface area (Å²) in [4.78, 5) is 33.5. The molecule has 0 aliphatic rings. The maximum absolute atomic E-state index is 12.2. The van der Waals surface area contributed by atoms with Crippen LogP contribution in [0.1, 0.15) is 29.4 Å². The standard InChI is InChI=1S/C25H23N3O5S/c1-3-31-22-11-18(6-8-21(22)32-14-19-5-4-10-26-13-19)7-9-24(30)33-15-20-12-23(29)28-17(2)16-34-25(28)27-20/h4-13,16H,3,14-15H2,1-2H3/b9-7+. The van der Waals surface area contributed by atoms with Crippen molar-refractivity contribution in [3.05, 3.63) is 93.1 Å². The van der Waals surface area contributed by atoms with Crippen molar-refractivity contribution >= 4 is 28.3 Å². The summed E-state index contributed by atoms with van der Waals surface area (Å²) >= 11 is 1.36. The van der Waals surface area contributed by atoms with Crippen molar-refractivity contribution in [3.8, 4) is 11.5 Å². The van der Waals surface area contributed by atoms with E-state index in [-0.39, 0.29) is 12.2 Å². The Bertz CT molecular complexity index is 1380. The SMILES string of the molecule is CCOc1cc(/C=C/C(=O)OCc2cc(=O)n3c(C)csc3n2)ccc1OCc1cccnc1. The van der Waals surface area contributed by atoms with Gasteiger partial charge in [0.25, 0.3) is 5.56 Å². The van der Waals surface area contributed by atoms with E-state index in [4.69, 9.17) is 14.2 Å². The van der Waals surface area contributed by atoms with E-state index in [1.165, 1.54) is 27.9 Å². The summed E-state index contributed by atoms with van der Waals surface area (Å²) in [6, 6.07) is 10.6. The van der Waals surface area contributed by atoms with Crippen molar-refractivity contribution < 1.29 is 19.0 Å². The number of thiazole rings is 1. The molecule has 3 heterocycles. The minimum atomic E-state index is -0.542. The average Bonchev–Trinajstić information content (AvgIpc) is 3.22. The third kappa shape index (κ3) is 5.68. The number of rotatable bonds is 9. The van der Waals surface area contributed by atoms with Crippen LogP contribution in [-0.2, 0) is 22.7 Å². The van der Waals surface area contributed by atoms with Gasteiger partial charge in [0, 0.05) is 41.2 Å². The van der Waals surface area contributed by atoms with Crippen molar-refractivity contribution in [2.45, 2.75) is 27.1 Å². The lowest BCUT2D eigenvalue weighted by Crippen LogP contribution is -2.16. The van der Waals surface area contributed by atoms with E-state index in [0.717, 1.165) is 16.8 Å². The summed E-state index contributed by atoms with van der Waals surface area (Å²) < 4.78 is 18.3. The average molecular weight is 478 g/mol. The van der Waals surface area contributed by atoms with Crippen molar-refractivity contribution in [2.24, 2.45) is 0 Å². The fraction of sp³-hybridized carbons (Fsp3) is 0.200. The minimum absolute atomic E-state index is 0.0861. The van der Waals surface area contributed by atoms with Crippen LogP contribution in [-0.4, -0.2) is 26.9 Å². The Morgan fingerprint density at radius 3 is 2.82 bits per heavy atom. The lowest BCUT2D eigenvalue weighted by Gasteiger charge is -2.12. The molecule has 0 aliphatic carbocycles. The van der Waals surface area contributed by atoms with E-state index in [1.54, 1.807) is 30.6 Å². The Morgan fingerprint density at radius 2 is 2.03 bits per heavy atom. The molecule has 9 heteroatoms. The van der Waals surface area contributed by atoms with Gasteiger partial charge in [-0.3, -0.25) is 14.2 Å². The maximum atomic E-state index is 12.2. The Labute approximate surface area is 200 Å². The van der Waals surface area contributed by atoms with Crippen LogP contribution in [0.2, 0.25) is 0 Å². The smallest absolute Gasteiger partial charge is 0.331 e. The van der Waals surface area contributed by atoms with Crippen LogP contribution in [0.3, 0.4) is 0 Å². The lowest BCUT2D eigenvalue weighted by atomic mass is 10.2. The minimum Gasteiger partial charge on any atom is -0.490 e. The van der Waals surface area contributed by atoms with Crippen LogP contribution in [0.5, 0.6) is 11.5 Å². The zero-order valence-electron chi connectivity index (χ0n) is 18.8. The first-order chi connectivity index (χ1) is 16.5. The van der Waals surface area contributed by atoms with E-state index in [9.17, 15) is 9.59 Å². The van der Waals surface area contributed by atoms with E-state index >= 15 is 0 Å². The predicted molar refractivity (Wildman–Crippen MR) is 129 cm³/mol. The van der Waals surface area contributed by atoms with Gasteiger partial charge in [0.2, 0.25) is 0 Å². The molecule has 34 heavy (non-hydrogen) atoms. The van der Waals surface area contributed by atoms with Gasteiger partial charge in [-0.05, 0) is 43.7 Å². The summed E-state index contributed by atoms with van der Waals surface area (Å²) in [7, 11) is 0. The summed E-state index contributed by atoms with van der Waals surface area (Å²) in [5.41, 5.74) is 2.73. The first-order valence-corrected chi connectivity index (χ1v) is 11.5. The molecule has 0 bridgehead atoms. The summed E-state index contributed by atoms with van der Waals surface area (Å²) in [6.45, 7) is 4.48. The van der Waals surface area contributed by atoms with Crippen LogP contribution in [0, 0.1) is 6.92 Å². The second kappa shape index (κ2) is 10.8. The second-order valence-electron chi connectivity index (χ2n) is 7.31. The number of esters is 1. The van der Waals surface area contributed by atoms with Crippen molar-refractivity contribution in [3.63, 3.8) is 0 Å². The number of ether oxygens (including phenoxy) is 3. The van der Waals surface area contributed by atoms with Gasteiger partial charge in [-0.25, -0.2) is 9.78 Å². The van der Waals surface area contributed by atoms with E-state index in [2.05, 4.69) is 9.97 Å². The lowest BCUT2D eigenvalue weighted by molar-refractivity contribution is -0.139. The molecule has 0 radical (unpaired) electrons. The fourth-order valence-electron chi connectivity index (χ4n) is 3.19. The van der Waals surface area contributed by atoms with Crippen LogP contribution in [0.25, 0.3) is 11.0 Å². The van der Waals surface area contributed by atoms with Crippen molar-refractivity contribution in [1.29, 1.82) is 0 Å². The van der Waals surface area contributed by atoms with Gasteiger partial charge >= 0.3 is 5.97 Å². The highest BCUT2D eigenvalue weighted by Crippen LogP contribution is 2.29. The Balaban J connectivity index is 1.38. The van der Waals surface area contributed by atoms with Gasteiger partial charge < -0.3 is 14.2 Å². The topological polar surface area (TPSA) is 92.0 Å². The second-order valence-corrected chi connectivity index (χ2v) is 8.15. The molecule has 0 saturated carbocycles. The molecule has 0 N–H and O–H groups in total. The van der Waals surface area contributed by atoms with Crippen LogP contribution in [0.15, 0.2) is 65.0 Å². The molecular weight excluding hydrogens is 454 g/mol. The third-order valence-electron chi connectivity index (χ3n) is 4.79. The summed E-state index contributed by atoms with van der Waals surface area (Å²) in [6.07, 6.45) is 6.40. The normalized spacial score (nSPS) is 11.1. The van der Waals surface area contributed by atoms with Crippen LogP contribution in [0.4, 0.5) is 0 Å². The quantitative estimate of drug-likeness (QED) is 0.264. The number of hydrogen-bond acceptors (Lipinski definition) is 8. The molecule has 0 atom stereocenters. The molecule has 174 valence electrons. The van der Waals surface area contributed by atoms with E-state index in [0.29, 0.717) is 35.4 Å². The van der Waals surface area contributed by atoms with Gasteiger partial charge in [0.1, 0.15) is 13.2 Å². The Kier molecular flexibility index (Phi) is 7.34. The molecule has 0 saturated heterocycles. The van der Waals surface area contributed by atoms with Gasteiger partial charge in [-0.1, -0.05) is 12.1 Å². The molecule has 3 aromatic heterocycles. The number of benzene rings is 1. The Morgan fingerprint density at radius 1 is 1.15 bits per heavy atom. The van der Waals surface area contributed by atoms with Crippen LogP contribution >= 0.6 is 11.3 Å². The highest BCUT2D eigenvalue weighted by Gasteiger charge is 2.09. The Hall–Kier alpha value is -3.98. The molecular formula is C25H23N3O5S. The zero-order chi connectivity index (χ0) is 23.9. The number of pyridine rings is 1. The van der Waals surface area contributed by atoms with E-state index in [1.807, 2.05) is 37.4 Å². The number of hydrogen-bond donors (Lipinski definition) is 0. The molecule has 0 aliphatic heterocycles. The van der Waals surface area contributed by atoms with Gasteiger partial charge in [0.15, 0.2) is 16.5 Å². The van der Waals surface area contributed by atoms with Crippen LogP contribution < -0.4 is 15.0 Å². The molecule has 0 fully saturated rings. The number of carbonyl (C=O) groups is 1. The van der Waals surface area contributed by atoms with Gasteiger partial charge in [-0.15, -0.1) is 11.3 Å². The molecule has 4 rings (SSSR count). The number of fused-ring (bicyclic) bond motifs is 1. The van der Waals surface area contributed by atoms with Gasteiger partial charge in [0.05, 0.1) is 12.3 Å². The number of nitrogens with zero attached hydrogens (tertiary/aromatic N) is 3. The number of aromatic nitrogens is 3. The highest BCUT2D eigenvalue weighted by molar-refractivity contribution is 7.15. The number of carbonyl (C=O) groups excluding carboxylic acids is 1.